The molecule has 1 nitrogen and oxygen atoms in total. The SMILES string of the molecule is FC(F)(F)C(F)(F)[N]C(F)(F)C(F)(F)F. The van der Waals surface area contributed by atoms with Crippen LogP contribution in [0.15, 0.2) is 0 Å². The molecule has 0 rings (SSSR count). The summed E-state index contributed by atoms with van der Waals surface area (Å²) in [4.78, 5) is 0. The molecule has 15 heavy (non-hydrogen) atoms. The number of rotatable bonds is 2. The van der Waals surface area contributed by atoms with Gasteiger partial charge in [0.2, 0.25) is 0 Å². The predicted molar refractivity (Wildman–Crippen MR) is 24.1 cm³/mol. The third-order valence-electron chi connectivity index (χ3n) is 0.963. The molecule has 0 aliphatic carbocycles. The number of hydrogen-bond acceptors (Lipinski definition) is 0. The third kappa shape index (κ3) is 3.11. The second kappa shape index (κ2) is 3.39. The van der Waals surface area contributed by atoms with E-state index in [9.17, 15) is 43.9 Å². The lowest BCUT2D eigenvalue weighted by Gasteiger charge is -2.25. The van der Waals surface area contributed by atoms with Gasteiger partial charge in [0.15, 0.2) is 0 Å². The first-order chi connectivity index (χ1) is 6.21. The van der Waals surface area contributed by atoms with Gasteiger partial charge in [-0.15, -0.1) is 0 Å². The van der Waals surface area contributed by atoms with E-state index in [-0.39, 0.29) is 5.32 Å². The average molecular weight is 252 g/mol. The predicted octanol–water partition coefficient (Wildman–Crippen LogP) is 2.90. The zero-order valence-electron chi connectivity index (χ0n) is 6.23. The van der Waals surface area contributed by atoms with Crippen LogP contribution in [0.25, 0.3) is 0 Å². The average Bonchev–Trinajstić information content (AvgIpc) is 1.77. The molecular weight excluding hydrogens is 252 g/mol. The zero-order valence-corrected chi connectivity index (χ0v) is 6.23. The fraction of sp³-hybridized carbons (Fsp3) is 1.00. The van der Waals surface area contributed by atoms with Crippen molar-refractivity contribution in [2.45, 2.75) is 24.4 Å². The molecule has 0 aliphatic heterocycles. The molecule has 0 saturated carbocycles. The summed E-state index contributed by atoms with van der Waals surface area (Å²) in [6, 6.07) is -12.9. The Labute approximate surface area is 75.0 Å². The van der Waals surface area contributed by atoms with Crippen LogP contribution in [0.2, 0.25) is 0 Å². The Morgan fingerprint density at radius 1 is 0.467 bits per heavy atom. The van der Waals surface area contributed by atoms with Gasteiger partial charge in [-0.2, -0.15) is 43.9 Å². The first-order valence-corrected chi connectivity index (χ1v) is 2.84. The first-order valence-electron chi connectivity index (χ1n) is 2.84. The van der Waals surface area contributed by atoms with Crippen molar-refractivity contribution in [3.63, 3.8) is 0 Å². The molecule has 0 N–H and O–H groups in total. The van der Waals surface area contributed by atoms with E-state index in [0.717, 1.165) is 0 Å². The van der Waals surface area contributed by atoms with E-state index in [4.69, 9.17) is 0 Å². The van der Waals surface area contributed by atoms with Gasteiger partial charge in [0, 0.05) is 0 Å². The lowest BCUT2D eigenvalue weighted by Crippen LogP contribution is -2.57. The molecule has 0 aromatic rings. The topological polar surface area (TPSA) is 14.1 Å². The van der Waals surface area contributed by atoms with Gasteiger partial charge in [0.1, 0.15) is 0 Å². The maximum atomic E-state index is 11.7. The highest BCUT2D eigenvalue weighted by atomic mass is 19.4. The maximum absolute atomic E-state index is 11.7. The van der Waals surface area contributed by atoms with Crippen LogP contribution < -0.4 is 5.32 Å². The van der Waals surface area contributed by atoms with Crippen molar-refractivity contribution >= 4 is 0 Å². The first kappa shape index (κ1) is 14.3. The second-order valence-electron chi connectivity index (χ2n) is 2.19. The van der Waals surface area contributed by atoms with Gasteiger partial charge in [-0.1, -0.05) is 5.32 Å². The Kier molecular flexibility index (Phi) is 3.22. The van der Waals surface area contributed by atoms with E-state index in [1.807, 2.05) is 0 Å². The highest BCUT2D eigenvalue weighted by molar-refractivity contribution is 4.82. The molecule has 91 valence electrons. The smallest absolute Gasteiger partial charge is 0.176 e. The number of halogens is 10. The molecule has 0 fully saturated rings. The maximum Gasteiger partial charge on any atom is 0.470 e. The van der Waals surface area contributed by atoms with Gasteiger partial charge < -0.3 is 0 Å². The third-order valence-corrected chi connectivity index (χ3v) is 0.963. The van der Waals surface area contributed by atoms with Crippen LogP contribution >= 0.6 is 0 Å². The fourth-order valence-corrected chi connectivity index (χ4v) is 0.303. The molecule has 0 unspecified atom stereocenters. The number of alkyl halides is 10. The van der Waals surface area contributed by atoms with Crippen LogP contribution in [0.1, 0.15) is 0 Å². The Bertz CT molecular complexity index is 199. The molecule has 0 aromatic heterocycles. The number of nitrogens with zero attached hydrogens (tertiary/aromatic N) is 1. The quantitative estimate of drug-likeness (QED) is 0.530. The van der Waals surface area contributed by atoms with E-state index in [1.54, 1.807) is 0 Å². The van der Waals surface area contributed by atoms with E-state index >= 15 is 0 Å². The van der Waals surface area contributed by atoms with Crippen molar-refractivity contribution in [1.82, 2.24) is 5.32 Å². The normalized spacial score (nSPS) is 15.6. The molecular formula is C4F10N. The lowest BCUT2D eigenvalue weighted by atomic mass is 10.4. The van der Waals surface area contributed by atoms with Crippen LogP contribution in [-0.2, 0) is 0 Å². The Morgan fingerprint density at radius 3 is 0.800 bits per heavy atom. The second-order valence-corrected chi connectivity index (χ2v) is 2.19. The van der Waals surface area contributed by atoms with Crippen molar-refractivity contribution in [2.75, 3.05) is 0 Å². The van der Waals surface area contributed by atoms with E-state index < -0.39 is 24.4 Å². The van der Waals surface area contributed by atoms with Crippen LogP contribution in [0.5, 0.6) is 0 Å². The minimum Gasteiger partial charge on any atom is -0.176 e. The van der Waals surface area contributed by atoms with Gasteiger partial charge in [-0.05, 0) is 0 Å². The fourth-order valence-electron chi connectivity index (χ4n) is 0.303. The van der Waals surface area contributed by atoms with Crippen molar-refractivity contribution in [1.29, 1.82) is 0 Å². The molecule has 0 aliphatic rings. The monoisotopic (exact) mass is 252 g/mol. The molecule has 0 aromatic carbocycles. The summed E-state index contributed by atoms with van der Waals surface area (Å²) < 4.78 is 114. The molecule has 0 amide bonds. The summed E-state index contributed by atoms with van der Waals surface area (Å²) in [5.74, 6) is 0. The molecule has 11 heteroatoms. The van der Waals surface area contributed by atoms with Gasteiger partial charge in [0.25, 0.3) is 0 Å². The summed E-state index contributed by atoms with van der Waals surface area (Å²) in [5, 5.41) is 0.167. The van der Waals surface area contributed by atoms with Crippen LogP contribution in [0.3, 0.4) is 0 Å². The van der Waals surface area contributed by atoms with E-state index in [0.29, 0.717) is 0 Å². The summed E-state index contributed by atoms with van der Waals surface area (Å²) in [5.41, 5.74) is 0. The summed E-state index contributed by atoms with van der Waals surface area (Å²) in [6.07, 6.45) is -13.2. The Morgan fingerprint density at radius 2 is 0.667 bits per heavy atom. The molecule has 0 bridgehead atoms. The van der Waals surface area contributed by atoms with Crippen LogP contribution in [-0.4, -0.2) is 24.4 Å². The number of hydrogen-bond donors (Lipinski definition) is 0. The van der Waals surface area contributed by atoms with Crippen molar-refractivity contribution < 1.29 is 43.9 Å². The molecule has 0 saturated heterocycles. The van der Waals surface area contributed by atoms with Crippen molar-refractivity contribution in [3.05, 3.63) is 0 Å². The molecule has 0 atom stereocenters. The highest BCUT2D eigenvalue weighted by Gasteiger charge is 2.70. The highest BCUT2D eigenvalue weighted by Crippen LogP contribution is 2.42. The van der Waals surface area contributed by atoms with Gasteiger partial charge in [-0.3, -0.25) is 0 Å². The Balaban J connectivity index is 4.89. The summed E-state index contributed by atoms with van der Waals surface area (Å²) in [6.45, 7) is 0. The van der Waals surface area contributed by atoms with Crippen LogP contribution in [0, 0.1) is 0 Å². The van der Waals surface area contributed by atoms with Gasteiger partial charge in [-0.25, -0.2) is 0 Å². The van der Waals surface area contributed by atoms with Gasteiger partial charge >= 0.3 is 24.4 Å². The van der Waals surface area contributed by atoms with E-state index in [2.05, 4.69) is 0 Å². The molecule has 1 radical (unpaired) electrons. The van der Waals surface area contributed by atoms with Crippen LogP contribution in [0.4, 0.5) is 43.9 Å². The lowest BCUT2D eigenvalue weighted by molar-refractivity contribution is -0.365. The van der Waals surface area contributed by atoms with Gasteiger partial charge in [0.05, 0.1) is 0 Å². The minimum atomic E-state index is -6.61. The standard InChI is InChI=1S/C4F10N/c5-1(6,7)3(11,12)15-4(13,14)2(8,9)10. The largest absolute Gasteiger partial charge is 0.470 e. The van der Waals surface area contributed by atoms with Crippen molar-refractivity contribution in [2.24, 2.45) is 0 Å². The summed E-state index contributed by atoms with van der Waals surface area (Å²) >= 11 is 0. The van der Waals surface area contributed by atoms with E-state index in [1.165, 1.54) is 0 Å². The summed E-state index contributed by atoms with van der Waals surface area (Å²) in [7, 11) is 0. The molecule has 0 spiro atoms. The van der Waals surface area contributed by atoms with Crippen molar-refractivity contribution in [3.8, 4) is 0 Å². The molecule has 0 heterocycles. The Hall–Kier alpha value is -0.740. The minimum absolute atomic E-state index is 0.167. The zero-order chi connectivity index (χ0) is 12.7.